The molecule has 0 aromatic carbocycles. The molecule has 1 heterocycles. The molecule has 0 aliphatic heterocycles. The predicted octanol–water partition coefficient (Wildman–Crippen LogP) is 2.82. The van der Waals surface area contributed by atoms with E-state index >= 15 is 0 Å². The van der Waals surface area contributed by atoms with Crippen LogP contribution in [-0.2, 0) is 6.54 Å². The van der Waals surface area contributed by atoms with Gasteiger partial charge in [0.05, 0.1) is 5.69 Å². The molecule has 18 heavy (non-hydrogen) atoms. The molecule has 0 unspecified atom stereocenters. The van der Waals surface area contributed by atoms with Crippen molar-refractivity contribution in [1.82, 2.24) is 10.3 Å². The molecule has 1 aromatic rings. The molecule has 0 fully saturated rings. The Labute approximate surface area is 110 Å². The highest BCUT2D eigenvalue weighted by Crippen LogP contribution is 2.14. The van der Waals surface area contributed by atoms with Gasteiger partial charge in [-0.05, 0) is 26.3 Å². The van der Waals surface area contributed by atoms with E-state index in [4.69, 9.17) is 4.42 Å². The molecular formula is C14H25N3O. The Hall–Kier alpha value is -1.29. The van der Waals surface area contributed by atoms with E-state index in [0.717, 1.165) is 37.4 Å². The van der Waals surface area contributed by atoms with Gasteiger partial charge in [-0.1, -0.05) is 26.0 Å². The van der Waals surface area contributed by atoms with Crippen LogP contribution in [0.2, 0.25) is 0 Å². The number of anilines is 1. The third-order valence-electron chi connectivity index (χ3n) is 2.51. The van der Waals surface area contributed by atoms with E-state index < -0.39 is 0 Å². The molecule has 0 amide bonds. The van der Waals surface area contributed by atoms with E-state index in [-0.39, 0.29) is 0 Å². The molecule has 0 aliphatic carbocycles. The van der Waals surface area contributed by atoms with E-state index in [0.29, 0.717) is 11.9 Å². The lowest BCUT2D eigenvalue weighted by molar-refractivity contribution is 0.533. The monoisotopic (exact) mass is 251 g/mol. The van der Waals surface area contributed by atoms with E-state index in [9.17, 15) is 0 Å². The summed E-state index contributed by atoms with van der Waals surface area (Å²) in [5.74, 6) is 0.645. The largest absolute Gasteiger partial charge is 0.432 e. The zero-order valence-corrected chi connectivity index (χ0v) is 12.0. The summed E-state index contributed by atoms with van der Waals surface area (Å²) in [6, 6.07) is 0.682. The van der Waals surface area contributed by atoms with Gasteiger partial charge < -0.3 is 14.6 Å². The summed E-state index contributed by atoms with van der Waals surface area (Å²) in [5, 5.41) is 3.35. The molecule has 0 radical (unpaired) electrons. The lowest BCUT2D eigenvalue weighted by Gasteiger charge is -2.17. The Balaban J connectivity index is 2.52. The summed E-state index contributed by atoms with van der Waals surface area (Å²) in [6.07, 6.45) is 1.73. The van der Waals surface area contributed by atoms with Crippen molar-refractivity contribution < 1.29 is 4.42 Å². The zero-order chi connectivity index (χ0) is 13.5. The van der Waals surface area contributed by atoms with Crippen LogP contribution in [0.4, 0.5) is 6.01 Å². The fourth-order valence-electron chi connectivity index (χ4n) is 1.65. The van der Waals surface area contributed by atoms with Crippen molar-refractivity contribution in [1.29, 1.82) is 0 Å². The summed E-state index contributed by atoms with van der Waals surface area (Å²) >= 11 is 0. The van der Waals surface area contributed by atoms with E-state index in [1.807, 2.05) is 6.92 Å². The van der Waals surface area contributed by atoms with Gasteiger partial charge in [0.2, 0.25) is 0 Å². The smallest absolute Gasteiger partial charge is 0.297 e. The molecule has 1 N–H and O–H groups in total. The molecule has 1 rings (SSSR count). The second-order valence-corrected chi connectivity index (χ2v) is 5.12. The van der Waals surface area contributed by atoms with Crippen LogP contribution in [0, 0.1) is 5.92 Å². The highest BCUT2D eigenvalue weighted by molar-refractivity contribution is 5.29. The zero-order valence-electron chi connectivity index (χ0n) is 12.0. The fraction of sp³-hybridized carbons (Fsp3) is 0.643. The van der Waals surface area contributed by atoms with Crippen LogP contribution in [0.25, 0.3) is 0 Å². The Bertz CT molecular complexity index is 371. The summed E-state index contributed by atoms with van der Waals surface area (Å²) in [4.78, 5) is 6.56. The number of hydrogen-bond donors (Lipinski definition) is 1. The average molecular weight is 251 g/mol. The Morgan fingerprint density at radius 1 is 1.56 bits per heavy atom. The van der Waals surface area contributed by atoms with Gasteiger partial charge in [-0.15, -0.1) is 0 Å². The highest BCUT2D eigenvalue weighted by atomic mass is 16.4. The molecule has 0 saturated heterocycles. The van der Waals surface area contributed by atoms with Crippen molar-refractivity contribution in [3.05, 3.63) is 24.1 Å². The molecule has 102 valence electrons. The Morgan fingerprint density at radius 2 is 2.28 bits per heavy atom. The number of rotatable bonds is 8. The second-order valence-electron chi connectivity index (χ2n) is 5.12. The van der Waals surface area contributed by atoms with Crippen molar-refractivity contribution in [3.8, 4) is 0 Å². The number of aromatic nitrogens is 1. The minimum Gasteiger partial charge on any atom is -0.432 e. The van der Waals surface area contributed by atoms with Crippen LogP contribution in [0.5, 0.6) is 0 Å². The standard InChI is InChI=1S/C14H25N3O/c1-6-17(9-12(4)5)14-16-13(10-18-14)8-15-7-11(2)3/h10-11,15H,4,6-9H2,1-3,5H3. The number of nitrogens with one attached hydrogen (secondary N) is 1. The molecule has 0 aliphatic rings. The van der Waals surface area contributed by atoms with Crippen molar-refractivity contribution in [2.24, 2.45) is 5.92 Å². The number of nitrogens with zero attached hydrogens (tertiary/aromatic N) is 2. The van der Waals surface area contributed by atoms with E-state index in [1.54, 1.807) is 6.26 Å². The first-order valence-electron chi connectivity index (χ1n) is 6.57. The van der Waals surface area contributed by atoms with Gasteiger partial charge in [-0.2, -0.15) is 4.98 Å². The fourth-order valence-corrected chi connectivity index (χ4v) is 1.65. The third kappa shape index (κ3) is 4.92. The molecule has 1 aromatic heterocycles. The van der Waals surface area contributed by atoms with Crippen LogP contribution in [-0.4, -0.2) is 24.6 Å². The molecular weight excluding hydrogens is 226 g/mol. The van der Waals surface area contributed by atoms with E-state index in [1.165, 1.54) is 0 Å². The average Bonchev–Trinajstić information content (AvgIpc) is 2.73. The third-order valence-corrected chi connectivity index (χ3v) is 2.51. The number of hydrogen-bond acceptors (Lipinski definition) is 4. The minimum absolute atomic E-state index is 0.645. The minimum atomic E-state index is 0.645. The first-order chi connectivity index (χ1) is 8.52. The van der Waals surface area contributed by atoms with Crippen molar-refractivity contribution >= 4 is 6.01 Å². The van der Waals surface area contributed by atoms with Gasteiger partial charge in [0.25, 0.3) is 6.01 Å². The molecule has 0 saturated carbocycles. The van der Waals surface area contributed by atoms with E-state index in [2.05, 4.69) is 42.6 Å². The number of likely N-dealkylation sites (N-methyl/N-ethyl adjacent to an activating group) is 1. The molecule has 0 bridgehead atoms. The SMILES string of the molecule is C=C(C)CN(CC)c1nc(CNCC(C)C)co1. The summed E-state index contributed by atoms with van der Waals surface area (Å²) in [5.41, 5.74) is 2.06. The molecule has 0 atom stereocenters. The molecule has 0 spiro atoms. The highest BCUT2D eigenvalue weighted by Gasteiger charge is 2.11. The van der Waals surface area contributed by atoms with Crippen molar-refractivity contribution in [2.45, 2.75) is 34.2 Å². The van der Waals surface area contributed by atoms with Crippen LogP contribution >= 0.6 is 0 Å². The topological polar surface area (TPSA) is 41.3 Å². The lowest BCUT2D eigenvalue weighted by atomic mass is 10.2. The van der Waals surface area contributed by atoms with Gasteiger partial charge >= 0.3 is 0 Å². The maximum atomic E-state index is 5.51. The van der Waals surface area contributed by atoms with Gasteiger partial charge in [0, 0.05) is 19.6 Å². The van der Waals surface area contributed by atoms with Gasteiger partial charge in [-0.3, -0.25) is 0 Å². The summed E-state index contributed by atoms with van der Waals surface area (Å²) in [7, 11) is 0. The Morgan fingerprint density at radius 3 is 2.83 bits per heavy atom. The Kier molecular flexibility index (Phi) is 5.92. The predicted molar refractivity (Wildman–Crippen MR) is 75.7 cm³/mol. The first kappa shape index (κ1) is 14.8. The molecule has 4 nitrogen and oxygen atoms in total. The van der Waals surface area contributed by atoms with Gasteiger partial charge in [0.15, 0.2) is 0 Å². The molecule has 4 heteroatoms. The summed E-state index contributed by atoms with van der Waals surface area (Å²) in [6.45, 7) is 15.8. The van der Waals surface area contributed by atoms with Crippen LogP contribution in [0.1, 0.15) is 33.4 Å². The summed E-state index contributed by atoms with van der Waals surface area (Å²) < 4.78 is 5.51. The van der Waals surface area contributed by atoms with Crippen LogP contribution in [0.15, 0.2) is 22.8 Å². The van der Waals surface area contributed by atoms with Gasteiger partial charge in [0.1, 0.15) is 6.26 Å². The van der Waals surface area contributed by atoms with Gasteiger partial charge in [-0.25, -0.2) is 0 Å². The number of oxazole rings is 1. The van der Waals surface area contributed by atoms with Crippen LogP contribution in [0.3, 0.4) is 0 Å². The van der Waals surface area contributed by atoms with Crippen LogP contribution < -0.4 is 10.2 Å². The maximum Gasteiger partial charge on any atom is 0.297 e. The quantitative estimate of drug-likeness (QED) is 0.721. The van der Waals surface area contributed by atoms with Crippen molar-refractivity contribution in [3.63, 3.8) is 0 Å². The lowest BCUT2D eigenvalue weighted by Crippen LogP contribution is -2.25. The second kappa shape index (κ2) is 7.21. The maximum absolute atomic E-state index is 5.51. The normalized spacial score (nSPS) is 10.9. The first-order valence-corrected chi connectivity index (χ1v) is 6.57. The van der Waals surface area contributed by atoms with Crippen molar-refractivity contribution in [2.75, 3.05) is 24.5 Å².